The maximum absolute atomic E-state index is 11.8. The lowest BCUT2D eigenvalue weighted by atomic mass is 9.76. The van der Waals surface area contributed by atoms with Crippen LogP contribution >= 0.6 is 0 Å². The molecule has 0 aromatic carbocycles. The van der Waals surface area contributed by atoms with Crippen LogP contribution in [0, 0.1) is 5.92 Å². The normalized spacial score (nSPS) is 27.1. The maximum Gasteiger partial charge on any atom is 0.342 e. The summed E-state index contributed by atoms with van der Waals surface area (Å²) in [7, 11) is 0. The third-order valence-corrected chi connectivity index (χ3v) is 4.15. The van der Waals surface area contributed by atoms with E-state index in [1.165, 1.54) is 0 Å². The minimum absolute atomic E-state index is 0.00903. The molecule has 24 heavy (non-hydrogen) atoms. The van der Waals surface area contributed by atoms with Crippen molar-refractivity contribution in [3.05, 3.63) is 0 Å². The Morgan fingerprint density at radius 3 is 2.25 bits per heavy atom. The average molecular weight is 348 g/mol. The molecule has 1 aliphatic carbocycles. The van der Waals surface area contributed by atoms with Gasteiger partial charge in [0.15, 0.2) is 0 Å². The van der Waals surface area contributed by atoms with E-state index in [4.69, 9.17) is 19.6 Å². The number of unbranched alkanes of at least 4 members (excludes halogenated alkanes) is 2. The van der Waals surface area contributed by atoms with Gasteiger partial charge in [0.1, 0.15) is 6.10 Å². The van der Waals surface area contributed by atoms with Gasteiger partial charge in [-0.15, -0.1) is 0 Å². The van der Waals surface area contributed by atoms with Crippen molar-refractivity contribution < 1.29 is 39.4 Å². The van der Waals surface area contributed by atoms with Crippen LogP contribution in [0.2, 0.25) is 0 Å². The van der Waals surface area contributed by atoms with Crippen LogP contribution in [0.15, 0.2) is 0 Å². The van der Waals surface area contributed by atoms with Crippen molar-refractivity contribution >= 4 is 11.9 Å². The first-order valence-electron chi connectivity index (χ1n) is 8.53. The second kappa shape index (κ2) is 10.6. The minimum Gasteiger partial charge on any atom is -0.481 e. The molecule has 0 heterocycles. The number of hydrogen-bond donors (Lipinski definition) is 2. The van der Waals surface area contributed by atoms with E-state index >= 15 is 0 Å². The van der Waals surface area contributed by atoms with Gasteiger partial charge < -0.3 is 10.2 Å². The number of carboxylic acid groups (broad SMARTS) is 2. The fraction of sp³-hybridized carbons (Fsp3) is 0.875. The molecule has 8 nitrogen and oxygen atoms in total. The van der Waals surface area contributed by atoms with Gasteiger partial charge in [0.25, 0.3) is 0 Å². The zero-order valence-electron chi connectivity index (χ0n) is 14.4. The average Bonchev–Trinajstić information content (AvgIpc) is 2.56. The zero-order valence-corrected chi connectivity index (χ0v) is 14.4. The lowest BCUT2D eigenvalue weighted by Crippen LogP contribution is -2.57. The second-order valence-electron chi connectivity index (χ2n) is 6.02. The van der Waals surface area contributed by atoms with Crippen molar-refractivity contribution in [1.29, 1.82) is 0 Å². The summed E-state index contributed by atoms with van der Waals surface area (Å²) in [6.07, 6.45) is 2.35. The van der Waals surface area contributed by atoms with Crippen LogP contribution in [-0.2, 0) is 29.1 Å². The Bertz CT molecular complexity index is 400. The molecular formula is C16H28O8. The summed E-state index contributed by atoms with van der Waals surface area (Å²) < 4.78 is 0. The summed E-state index contributed by atoms with van der Waals surface area (Å²) in [6, 6.07) is 0. The van der Waals surface area contributed by atoms with E-state index in [1.54, 1.807) is 0 Å². The number of hydrogen-bond acceptors (Lipinski definition) is 6. The van der Waals surface area contributed by atoms with Crippen LogP contribution in [0.1, 0.15) is 58.8 Å². The number of aliphatic carboxylic acids is 2. The fourth-order valence-electron chi connectivity index (χ4n) is 2.52. The fourth-order valence-corrected chi connectivity index (χ4v) is 2.52. The van der Waals surface area contributed by atoms with Gasteiger partial charge in [-0.3, -0.25) is 4.79 Å². The molecule has 0 saturated heterocycles. The number of carboxylic acids is 2. The minimum atomic E-state index is -1.76. The van der Waals surface area contributed by atoms with Gasteiger partial charge in [0.05, 0.1) is 19.1 Å². The quantitative estimate of drug-likeness (QED) is 0.314. The van der Waals surface area contributed by atoms with Gasteiger partial charge in [-0.25, -0.2) is 24.3 Å². The van der Waals surface area contributed by atoms with E-state index < -0.39 is 29.6 Å². The van der Waals surface area contributed by atoms with Crippen molar-refractivity contribution in [2.24, 2.45) is 5.92 Å². The predicted octanol–water partition coefficient (Wildman–Crippen LogP) is 2.56. The molecule has 1 rings (SSSR count). The van der Waals surface area contributed by atoms with Crippen LogP contribution in [0.25, 0.3) is 0 Å². The highest BCUT2D eigenvalue weighted by molar-refractivity contribution is 5.79. The molecule has 8 heteroatoms. The van der Waals surface area contributed by atoms with Crippen LogP contribution in [-0.4, -0.2) is 47.1 Å². The molecule has 0 aromatic heterocycles. The summed E-state index contributed by atoms with van der Waals surface area (Å²) in [4.78, 5) is 43.7. The van der Waals surface area contributed by atoms with Crippen molar-refractivity contribution in [3.63, 3.8) is 0 Å². The molecule has 3 unspecified atom stereocenters. The lowest BCUT2D eigenvalue weighted by Gasteiger charge is -2.39. The Labute approximate surface area is 141 Å². The van der Waals surface area contributed by atoms with Gasteiger partial charge in [0.2, 0.25) is 5.60 Å². The topological polar surface area (TPSA) is 112 Å². The Balaban J connectivity index is 2.80. The highest BCUT2D eigenvalue weighted by Crippen LogP contribution is 2.38. The highest BCUT2D eigenvalue weighted by Gasteiger charge is 2.55. The molecule has 3 atom stereocenters. The summed E-state index contributed by atoms with van der Waals surface area (Å²) >= 11 is 0. The summed E-state index contributed by atoms with van der Waals surface area (Å²) in [5.41, 5.74) is -1.76. The Hall–Kier alpha value is -1.22. The Morgan fingerprint density at radius 1 is 1.08 bits per heavy atom. The standard InChI is InChI=1S/C16H28O8/c1-3-5-9-21-23-13-11-12(14(17)18)7-8-16(13,15(19)20)24-22-10-6-4-2/h12-13H,3-11H2,1-2H3,(H,17,18)(H,19,20). The Kier molecular flexibility index (Phi) is 9.20. The molecule has 1 fully saturated rings. The second-order valence-corrected chi connectivity index (χ2v) is 6.02. The lowest BCUT2D eigenvalue weighted by molar-refractivity contribution is -0.421. The largest absolute Gasteiger partial charge is 0.481 e. The first kappa shape index (κ1) is 20.8. The van der Waals surface area contributed by atoms with E-state index in [-0.39, 0.29) is 25.9 Å². The van der Waals surface area contributed by atoms with E-state index in [2.05, 4.69) is 0 Å². The highest BCUT2D eigenvalue weighted by atomic mass is 17.2. The molecule has 0 spiro atoms. The molecule has 0 amide bonds. The van der Waals surface area contributed by atoms with E-state index in [9.17, 15) is 19.8 Å². The van der Waals surface area contributed by atoms with Gasteiger partial charge >= 0.3 is 11.9 Å². The first-order valence-corrected chi connectivity index (χ1v) is 8.53. The molecule has 0 aliphatic heterocycles. The van der Waals surface area contributed by atoms with Crippen LogP contribution in [0.5, 0.6) is 0 Å². The van der Waals surface area contributed by atoms with Crippen molar-refractivity contribution in [3.8, 4) is 0 Å². The number of carbonyl (C=O) groups is 2. The SMILES string of the molecule is CCCCOOC1CC(C(=O)O)CCC1(OOCCCC)C(=O)O. The molecule has 0 bridgehead atoms. The zero-order chi connectivity index (χ0) is 18.0. The van der Waals surface area contributed by atoms with E-state index in [0.29, 0.717) is 6.61 Å². The summed E-state index contributed by atoms with van der Waals surface area (Å²) in [6.45, 7) is 4.52. The predicted molar refractivity (Wildman–Crippen MR) is 83.0 cm³/mol. The molecule has 1 aliphatic rings. The summed E-state index contributed by atoms with van der Waals surface area (Å²) in [5.74, 6) is -2.92. The maximum atomic E-state index is 11.8. The summed E-state index contributed by atoms with van der Waals surface area (Å²) in [5, 5.41) is 18.9. The van der Waals surface area contributed by atoms with Gasteiger partial charge in [-0.1, -0.05) is 26.7 Å². The molecular weight excluding hydrogens is 320 g/mol. The number of rotatable bonds is 12. The van der Waals surface area contributed by atoms with Crippen molar-refractivity contribution in [1.82, 2.24) is 0 Å². The molecule has 2 N–H and O–H groups in total. The molecule has 0 radical (unpaired) electrons. The molecule has 1 saturated carbocycles. The monoisotopic (exact) mass is 348 g/mol. The van der Waals surface area contributed by atoms with Crippen LogP contribution in [0.3, 0.4) is 0 Å². The van der Waals surface area contributed by atoms with Crippen LogP contribution < -0.4 is 0 Å². The van der Waals surface area contributed by atoms with Crippen LogP contribution in [0.4, 0.5) is 0 Å². The smallest absolute Gasteiger partial charge is 0.342 e. The van der Waals surface area contributed by atoms with Gasteiger partial charge in [-0.2, -0.15) is 0 Å². The van der Waals surface area contributed by atoms with Crippen molar-refractivity contribution in [2.45, 2.75) is 70.5 Å². The molecule has 0 aromatic rings. The Morgan fingerprint density at radius 2 is 1.71 bits per heavy atom. The third kappa shape index (κ3) is 5.70. The van der Waals surface area contributed by atoms with Gasteiger partial charge in [0, 0.05) is 0 Å². The van der Waals surface area contributed by atoms with Crippen molar-refractivity contribution in [2.75, 3.05) is 13.2 Å². The van der Waals surface area contributed by atoms with E-state index in [0.717, 1.165) is 25.7 Å². The third-order valence-electron chi connectivity index (χ3n) is 4.15. The first-order chi connectivity index (χ1) is 11.5. The van der Waals surface area contributed by atoms with Gasteiger partial charge in [-0.05, 0) is 32.1 Å². The van der Waals surface area contributed by atoms with E-state index in [1.807, 2.05) is 13.8 Å². The molecule has 140 valence electrons.